The summed E-state index contributed by atoms with van der Waals surface area (Å²) in [5, 5.41) is 7.23. The molecule has 1 amide bonds. The van der Waals surface area contributed by atoms with Gasteiger partial charge in [0, 0.05) is 18.0 Å². The van der Waals surface area contributed by atoms with Gasteiger partial charge in [-0.05, 0) is 37.3 Å². The fraction of sp³-hybridized carbons (Fsp3) is 0.571. The molecule has 27 heavy (non-hydrogen) atoms. The molecule has 0 aliphatic heterocycles. The lowest BCUT2D eigenvalue weighted by Gasteiger charge is -2.23. The average molecular weight is 370 g/mol. The number of carbonyl (C=O) groups excluding carboxylic acids is 1. The number of nitrogens with one attached hydrogen (secondary N) is 2. The van der Waals surface area contributed by atoms with Crippen LogP contribution in [0.25, 0.3) is 10.9 Å². The summed E-state index contributed by atoms with van der Waals surface area (Å²) in [4.78, 5) is 29.3. The van der Waals surface area contributed by atoms with Gasteiger partial charge < -0.3 is 10.6 Å². The van der Waals surface area contributed by atoms with Crippen molar-refractivity contribution in [2.75, 3.05) is 11.9 Å². The first-order chi connectivity index (χ1) is 13.0. The molecule has 1 saturated carbocycles. The summed E-state index contributed by atoms with van der Waals surface area (Å²) < 4.78 is 1.47. The molecule has 0 spiro atoms. The first-order valence-corrected chi connectivity index (χ1v) is 10.1. The van der Waals surface area contributed by atoms with Crippen molar-refractivity contribution >= 4 is 22.6 Å². The summed E-state index contributed by atoms with van der Waals surface area (Å²) in [7, 11) is 0. The second kappa shape index (κ2) is 9.02. The van der Waals surface area contributed by atoms with Gasteiger partial charge >= 0.3 is 5.69 Å². The van der Waals surface area contributed by atoms with Crippen molar-refractivity contribution in [2.24, 2.45) is 5.92 Å². The van der Waals surface area contributed by atoms with Crippen LogP contribution in [0.5, 0.6) is 0 Å². The highest BCUT2D eigenvalue weighted by Crippen LogP contribution is 2.20. The Morgan fingerprint density at radius 1 is 1.22 bits per heavy atom. The molecule has 1 aliphatic carbocycles. The molecule has 3 rings (SSSR count). The van der Waals surface area contributed by atoms with Crippen LogP contribution in [0.3, 0.4) is 0 Å². The van der Waals surface area contributed by atoms with Gasteiger partial charge in [0.05, 0.1) is 5.52 Å². The standard InChI is InChI=1S/C21H30N4O2/c1-15(2)12-13-22-20-17-10-6-7-11-18(17)25(21(27)24-20)14-19(26)23-16-8-4-3-5-9-16/h6-7,10-11,15-16H,3-5,8-9,12-14H2,1-2H3,(H,23,26)(H,22,24,27). The van der Waals surface area contributed by atoms with Crippen LogP contribution in [0.2, 0.25) is 0 Å². The lowest BCUT2D eigenvalue weighted by atomic mass is 9.95. The zero-order valence-electron chi connectivity index (χ0n) is 16.3. The third-order valence-electron chi connectivity index (χ3n) is 5.17. The van der Waals surface area contributed by atoms with E-state index in [1.54, 1.807) is 0 Å². The van der Waals surface area contributed by atoms with Crippen molar-refractivity contribution in [3.63, 3.8) is 0 Å². The molecule has 1 aromatic carbocycles. The monoisotopic (exact) mass is 370 g/mol. The Kier molecular flexibility index (Phi) is 6.48. The summed E-state index contributed by atoms with van der Waals surface area (Å²) in [5.41, 5.74) is 0.350. The highest BCUT2D eigenvalue weighted by Gasteiger charge is 2.18. The molecule has 1 aliphatic rings. The van der Waals surface area contributed by atoms with Crippen LogP contribution in [0.4, 0.5) is 5.82 Å². The Hall–Kier alpha value is -2.37. The number of anilines is 1. The van der Waals surface area contributed by atoms with Gasteiger partial charge in [-0.2, -0.15) is 4.98 Å². The minimum Gasteiger partial charge on any atom is -0.369 e. The molecule has 2 N–H and O–H groups in total. The fourth-order valence-electron chi connectivity index (χ4n) is 3.66. The van der Waals surface area contributed by atoms with Crippen LogP contribution in [0.1, 0.15) is 52.4 Å². The Balaban J connectivity index is 1.80. The number of aromatic nitrogens is 2. The van der Waals surface area contributed by atoms with E-state index in [0.29, 0.717) is 11.7 Å². The van der Waals surface area contributed by atoms with E-state index in [-0.39, 0.29) is 24.2 Å². The van der Waals surface area contributed by atoms with Crippen molar-refractivity contribution in [2.45, 2.75) is 65.0 Å². The molecule has 0 atom stereocenters. The fourth-order valence-corrected chi connectivity index (χ4v) is 3.66. The summed E-state index contributed by atoms with van der Waals surface area (Å²) in [6.45, 7) is 5.10. The van der Waals surface area contributed by atoms with Gasteiger partial charge in [0.15, 0.2) is 0 Å². The number of hydrogen-bond acceptors (Lipinski definition) is 4. The van der Waals surface area contributed by atoms with Crippen LogP contribution in [-0.4, -0.2) is 28.0 Å². The Bertz CT molecular complexity index is 838. The van der Waals surface area contributed by atoms with Crippen LogP contribution < -0.4 is 16.3 Å². The van der Waals surface area contributed by atoms with Crippen LogP contribution in [-0.2, 0) is 11.3 Å². The number of nitrogens with zero attached hydrogens (tertiary/aromatic N) is 2. The molecule has 1 fully saturated rings. The van der Waals surface area contributed by atoms with Crippen molar-refractivity contribution in [1.29, 1.82) is 0 Å². The van der Waals surface area contributed by atoms with E-state index < -0.39 is 0 Å². The average Bonchev–Trinajstić information content (AvgIpc) is 2.65. The molecule has 146 valence electrons. The summed E-state index contributed by atoms with van der Waals surface area (Å²) in [6, 6.07) is 7.86. The number of amides is 1. The number of fused-ring (bicyclic) bond motifs is 1. The van der Waals surface area contributed by atoms with Crippen LogP contribution in [0.15, 0.2) is 29.1 Å². The van der Waals surface area contributed by atoms with Gasteiger partial charge in [-0.1, -0.05) is 45.2 Å². The van der Waals surface area contributed by atoms with Crippen molar-refractivity contribution in [1.82, 2.24) is 14.9 Å². The molecule has 1 heterocycles. The second-order valence-corrected chi connectivity index (χ2v) is 7.86. The molecule has 1 aromatic heterocycles. The number of hydrogen-bond donors (Lipinski definition) is 2. The maximum absolute atomic E-state index is 12.6. The van der Waals surface area contributed by atoms with Gasteiger partial charge in [-0.25, -0.2) is 4.79 Å². The Morgan fingerprint density at radius 2 is 1.96 bits per heavy atom. The third-order valence-corrected chi connectivity index (χ3v) is 5.17. The molecule has 2 aromatic rings. The van der Waals surface area contributed by atoms with Gasteiger partial charge in [0.2, 0.25) is 5.91 Å². The quantitative estimate of drug-likeness (QED) is 0.784. The zero-order chi connectivity index (χ0) is 19.2. The van der Waals surface area contributed by atoms with E-state index in [1.165, 1.54) is 11.0 Å². The molecular formula is C21H30N4O2. The summed E-state index contributed by atoms with van der Waals surface area (Å²) >= 11 is 0. The second-order valence-electron chi connectivity index (χ2n) is 7.86. The van der Waals surface area contributed by atoms with Gasteiger partial charge in [-0.15, -0.1) is 0 Å². The Morgan fingerprint density at radius 3 is 2.70 bits per heavy atom. The molecule has 0 unspecified atom stereocenters. The number of para-hydroxylation sites is 1. The molecule has 0 bridgehead atoms. The van der Waals surface area contributed by atoms with E-state index in [0.717, 1.165) is 49.6 Å². The first kappa shape index (κ1) is 19.4. The maximum Gasteiger partial charge on any atom is 0.350 e. The summed E-state index contributed by atoms with van der Waals surface area (Å²) in [6.07, 6.45) is 6.61. The first-order valence-electron chi connectivity index (χ1n) is 10.1. The number of carbonyl (C=O) groups is 1. The number of benzene rings is 1. The molecule has 6 nitrogen and oxygen atoms in total. The topological polar surface area (TPSA) is 76.0 Å². The normalized spacial score (nSPS) is 15.2. The highest BCUT2D eigenvalue weighted by molar-refractivity contribution is 5.90. The van der Waals surface area contributed by atoms with E-state index >= 15 is 0 Å². The Labute approximate surface area is 160 Å². The van der Waals surface area contributed by atoms with Gasteiger partial charge in [0.1, 0.15) is 12.4 Å². The van der Waals surface area contributed by atoms with Gasteiger partial charge in [-0.3, -0.25) is 9.36 Å². The highest BCUT2D eigenvalue weighted by atomic mass is 16.2. The predicted octanol–water partition coefficient (Wildman–Crippen LogP) is 3.30. The minimum atomic E-state index is -0.389. The SMILES string of the molecule is CC(C)CCNc1nc(=O)n(CC(=O)NC2CCCCC2)c2ccccc12. The number of rotatable bonds is 7. The lowest BCUT2D eigenvalue weighted by Crippen LogP contribution is -2.40. The molecule has 0 saturated heterocycles. The van der Waals surface area contributed by atoms with Crippen LogP contribution in [0, 0.1) is 5.92 Å². The molecule has 6 heteroatoms. The van der Waals surface area contributed by atoms with Crippen molar-refractivity contribution in [3.05, 3.63) is 34.7 Å². The molecular weight excluding hydrogens is 340 g/mol. The molecule has 0 radical (unpaired) electrons. The van der Waals surface area contributed by atoms with E-state index in [4.69, 9.17) is 0 Å². The summed E-state index contributed by atoms with van der Waals surface area (Å²) in [5.74, 6) is 1.06. The zero-order valence-corrected chi connectivity index (χ0v) is 16.3. The van der Waals surface area contributed by atoms with Gasteiger partial charge in [0.25, 0.3) is 0 Å². The van der Waals surface area contributed by atoms with Crippen LogP contribution >= 0.6 is 0 Å². The third kappa shape index (κ3) is 5.08. The van der Waals surface area contributed by atoms with Crippen molar-refractivity contribution in [3.8, 4) is 0 Å². The predicted molar refractivity (Wildman–Crippen MR) is 109 cm³/mol. The minimum absolute atomic E-state index is 0.00905. The maximum atomic E-state index is 12.6. The van der Waals surface area contributed by atoms with E-state index in [2.05, 4.69) is 29.5 Å². The smallest absolute Gasteiger partial charge is 0.350 e. The van der Waals surface area contributed by atoms with Crippen molar-refractivity contribution < 1.29 is 4.79 Å². The van der Waals surface area contributed by atoms with E-state index in [1.807, 2.05) is 24.3 Å². The largest absolute Gasteiger partial charge is 0.369 e. The van der Waals surface area contributed by atoms with E-state index in [9.17, 15) is 9.59 Å². The lowest BCUT2D eigenvalue weighted by molar-refractivity contribution is -0.122.